The van der Waals surface area contributed by atoms with E-state index in [0.717, 1.165) is 12.1 Å². The lowest BCUT2D eigenvalue weighted by molar-refractivity contribution is -0.137. The van der Waals surface area contributed by atoms with Crippen molar-refractivity contribution in [1.82, 2.24) is 4.98 Å². The fourth-order valence-corrected chi connectivity index (χ4v) is 1.73. The van der Waals surface area contributed by atoms with E-state index in [4.69, 9.17) is 7.10 Å². The van der Waals surface area contributed by atoms with E-state index in [-0.39, 0.29) is 17.2 Å². The number of nitrogens with two attached hydrogens (primary N) is 1. The second kappa shape index (κ2) is 4.96. The Kier molecular flexibility index (Phi) is 3.14. The number of aromatic nitrogens is 1. The van der Waals surface area contributed by atoms with Crippen LogP contribution in [0, 0.1) is 6.92 Å². The number of hydrogen-bond acceptors (Lipinski definition) is 2. The molecule has 2 aromatic rings. The highest BCUT2D eigenvalue weighted by Gasteiger charge is 2.30. The third-order valence-electron chi connectivity index (χ3n) is 2.77. The van der Waals surface area contributed by atoms with E-state index in [2.05, 4.69) is 4.98 Å². The van der Waals surface area contributed by atoms with E-state index in [0.29, 0.717) is 11.4 Å². The van der Waals surface area contributed by atoms with E-state index in [1.807, 2.05) is 0 Å². The summed E-state index contributed by atoms with van der Waals surface area (Å²) in [4.78, 5) is 15.2. The monoisotopic (exact) mass is 281 g/mol. The molecular formula is C14H11F3N2O. The van der Waals surface area contributed by atoms with Crippen molar-refractivity contribution in [3.63, 3.8) is 0 Å². The van der Waals surface area contributed by atoms with Crippen molar-refractivity contribution < 1.29 is 19.3 Å². The summed E-state index contributed by atoms with van der Waals surface area (Å²) in [6.45, 7) is 1.57. The summed E-state index contributed by atoms with van der Waals surface area (Å²) in [5.41, 5.74) is 5.43. The van der Waals surface area contributed by atoms with Gasteiger partial charge in [0.15, 0.2) is 0 Å². The molecule has 0 saturated heterocycles. The number of pyridine rings is 1. The van der Waals surface area contributed by atoms with Crippen molar-refractivity contribution in [3.8, 4) is 11.3 Å². The highest BCUT2D eigenvalue weighted by molar-refractivity contribution is 5.94. The molecule has 0 aliphatic heterocycles. The van der Waals surface area contributed by atoms with Gasteiger partial charge in [0.25, 0.3) is 5.91 Å². The van der Waals surface area contributed by atoms with Crippen molar-refractivity contribution in [2.75, 3.05) is 0 Å². The lowest BCUT2D eigenvalue weighted by Gasteiger charge is -2.08. The van der Waals surface area contributed by atoms with Crippen molar-refractivity contribution >= 4 is 5.91 Å². The molecule has 104 valence electrons. The minimum Gasteiger partial charge on any atom is -0.366 e. The van der Waals surface area contributed by atoms with E-state index in [9.17, 15) is 18.0 Å². The standard InChI is InChI=1S/C14H11F3N2O/c1-8-11(13(18)20)6-7-12(19-8)9-2-4-10(5-3-9)14(15,16)17/h2-7H,1H3,(H2,18,20)/i2D. The lowest BCUT2D eigenvalue weighted by Crippen LogP contribution is -2.13. The molecule has 1 aromatic heterocycles. The number of amides is 1. The summed E-state index contributed by atoms with van der Waals surface area (Å²) in [7, 11) is 0. The van der Waals surface area contributed by atoms with Gasteiger partial charge >= 0.3 is 6.18 Å². The maximum atomic E-state index is 12.6. The summed E-state index contributed by atoms with van der Waals surface area (Å²) in [6.07, 6.45) is -4.49. The zero-order valence-electron chi connectivity index (χ0n) is 11.5. The quantitative estimate of drug-likeness (QED) is 0.919. The maximum absolute atomic E-state index is 12.6. The zero-order chi connectivity index (χ0) is 15.8. The molecule has 0 fully saturated rings. The third-order valence-corrected chi connectivity index (χ3v) is 2.77. The number of carbonyl (C=O) groups is 1. The number of benzene rings is 1. The fourth-order valence-electron chi connectivity index (χ4n) is 1.73. The Labute approximate surface area is 114 Å². The highest BCUT2D eigenvalue weighted by atomic mass is 19.4. The van der Waals surface area contributed by atoms with E-state index in [1.54, 1.807) is 6.92 Å². The normalized spacial score (nSPS) is 12.1. The zero-order valence-corrected chi connectivity index (χ0v) is 10.5. The Balaban J connectivity index is 2.48. The molecule has 0 aliphatic carbocycles. The van der Waals surface area contributed by atoms with E-state index < -0.39 is 17.6 Å². The highest BCUT2D eigenvalue weighted by Crippen LogP contribution is 2.30. The first-order valence-electron chi connectivity index (χ1n) is 6.16. The second-order valence-corrected chi connectivity index (χ2v) is 4.18. The van der Waals surface area contributed by atoms with Gasteiger partial charge in [-0.05, 0) is 31.2 Å². The molecule has 2 N–H and O–H groups in total. The van der Waals surface area contributed by atoms with Crippen LogP contribution in [0.25, 0.3) is 11.3 Å². The molecule has 0 radical (unpaired) electrons. The van der Waals surface area contributed by atoms with Gasteiger partial charge in [0, 0.05) is 5.56 Å². The summed E-state index contributed by atoms with van der Waals surface area (Å²) in [5, 5.41) is 0. The van der Waals surface area contributed by atoms with Crippen LogP contribution in [0.4, 0.5) is 13.2 Å². The number of rotatable bonds is 2. The molecule has 6 heteroatoms. The molecule has 0 bridgehead atoms. The van der Waals surface area contributed by atoms with E-state index in [1.165, 1.54) is 18.2 Å². The van der Waals surface area contributed by atoms with Crippen LogP contribution < -0.4 is 5.73 Å². The van der Waals surface area contributed by atoms with Crippen molar-refractivity contribution in [2.45, 2.75) is 13.1 Å². The molecule has 0 saturated carbocycles. The van der Waals surface area contributed by atoms with E-state index >= 15 is 0 Å². The summed E-state index contributed by atoms with van der Waals surface area (Å²) in [5.74, 6) is -0.634. The van der Waals surface area contributed by atoms with Crippen LogP contribution in [0.3, 0.4) is 0 Å². The Hall–Kier alpha value is -2.37. The minimum absolute atomic E-state index is 0.234. The third kappa shape index (κ3) is 2.79. The molecule has 1 heterocycles. The first kappa shape index (κ1) is 12.7. The van der Waals surface area contributed by atoms with Crippen LogP contribution >= 0.6 is 0 Å². The van der Waals surface area contributed by atoms with Crippen LogP contribution in [-0.2, 0) is 6.18 Å². The predicted molar refractivity (Wildman–Crippen MR) is 67.9 cm³/mol. The molecule has 1 aromatic carbocycles. The van der Waals surface area contributed by atoms with Gasteiger partial charge < -0.3 is 5.73 Å². The Morgan fingerprint density at radius 3 is 2.45 bits per heavy atom. The number of carbonyl (C=O) groups excluding carboxylic acids is 1. The van der Waals surface area contributed by atoms with Crippen LogP contribution in [0.2, 0.25) is 0 Å². The summed E-state index contributed by atoms with van der Waals surface area (Å²) in [6, 6.07) is 5.44. The minimum atomic E-state index is -4.49. The SMILES string of the molecule is [2H]c1cc(C(F)(F)F)ccc1-c1ccc(C(N)=O)c(C)n1. The van der Waals surface area contributed by atoms with Gasteiger partial charge in [0.2, 0.25) is 0 Å². The van der Waals surface area contributed by atoms with Crippen LogP contribution in [0.15, 0.2) is 36.4 Å². The number of hydrogen-bond donors (Lipinski definition) is 1. The molecule has 0 aliphatic rings. The Bertz CT molecular complexity index is 714. The first-order chi connectivity index (χ1) is 9.70. The summed E-state index contributed by atoms with van der Waals surface area (Å²) >= 11 is 0. The lowest BCUT2D eigenvalue weighted by atomic mass is 10.1. The van der Waals surface area contributed by atoms with Gasteiger partial charge in [0.1, 0.15) is 0 Å². The van der Waals surface area contributed by atoms with Gasteiger partial charge in [-0.2, -0.15) is 13.2 Å². The molecule has 0 unspecified atom stereocenters. The number of nitrogens with zero attached hydrogens (tertiary/aromatic N) is 1. The van der Waals surface area contributed by atoms with Gasteiger partial charge in [-0.25, -0.2) is 0 Å². The van der Waals surface area contributed by atoms with Crippen LogP contribution in [0.1, 0.15) is 23.0 Å². The van der Waals surface area contributed by atoms with Crippen LogP contribution in [0.5, 0.6) is 0 Å². The van der Waals surface area contributed by atoms with Crippen molar-refractivity contribution in [3.05, 3.63) is 53.2 Å². The fraction of sp³-hybridized carbons (Fsp3) is 0.143. The van der Waals surface area contributed by atoms with Gasteiger partial charge in [-0.1, -0.05) is 12.1 Å². The predicted octanol–water partition coefficient (Wildman–Crippen LogP) is 3.17. The molecule has 3 nitrogen and oxygen atoms in total. The first-order valence-corrected chi connectivity index (χ1v) is 5.66. The number of primary amides is 1. The average Bonchev–Trinajstić information content (AvgIpc) is 2.36. The maximum Gasteiger partial charge on any atom is 0.416 e. The molecule has 20 heavy (non-hydrogen) atoms. The molecule has 0 atom stereocenters. The molecule has 2 rings (SSSR count). The summed E-state index contributed by atoms with van der Waals surface area (Å²) < 4.78 is 45.4. The Morgan fingerprint density at radius 1 is 1.25 bits per heavy atom. The molecule has 1 amide bonds. The van der Waals surface area contributed by atoms with Gasteiger partial charge in [-0.15, -0.1) is 0 Å². The topological polar surface area (TPSA) is 56.0 Å². The Morgan fingerprint density at radius 2 is 1.95 bits per heavy atom. The second-order valence-electron chi connectivity index (χ2n) is 4.18. The largest absolute Gasteiger partial charge is 0.416 e. The van der Waals surface area contributed by atoms with Crippen molar-refractivity contribution in [2.24, 2.45) is 5.73 Å². The number of aryl methyl sites for hydroxylation is 1. The molecule has 0 spiro atoms. The molecular weight excluding hydrogens is 269 g/mol. The smallest absolute Gasteiger partial charge is 0.366 e. The van der Waals surface area contributed by atoms with Gasteiger partial charge in [-0.3, -0.25) is 9.78 Å². The van der Waals surface area contributed by atoms with Gasteiger partial charge in [0.05, 0.1) is 23.9 Å². The number of halogens is 3. The van der Waals surface area contributed by atoms with Crippen LogP contribution in [-0.4, -0.2) is 10.9 Å². The number of alkyl halides is 3. The average molecular weight is 281 g/mol. The van der Waals surface area contributed by atoms with Crippen molar-refractivity contribution in [1.29, 1.82) is 0 Å².